The molecule has 1 unspecified atom stereocenters. The number of rotatable bonds is 6. The average Bonchev–Trinajstić information content (AvgIpc) is 3.05. The van der Waals surface area contributed by atoms with E-state index in [1.807, 2.05) is 0 Å². The number of piperidine rings is 1. The Balaban J connectivity index is 1.67. The molecule has 0 saturated carbocycles. The van der Waals surface area contributed by atoms with Crippen LogP contribution in [-0.2, 0) is 21.4 Å². The first-order valence-corrected chi connectivity index (χ1v) is 9.48. The number of aryl methyl sites for hydroxylation is 1. The number of ether oxygens (including phenoxy) is 2. The van der Waals surface area contributed by atoms with Crippen molar-refractivity contribution in [3.8, 4) is 5.75 Å². The third kappa shape index (κ3) is 4.17. The highest BCUT2D eigenvalue weighted by atomic mass is 32.2. The largest absolute Gasteiger partial charge is 0.497 e. The van der Waals surface area contributed by atoms with E-state index in [2.05, 4.69) is 10.1 Å². The number of aromatic nitrogens is 2. The van der Waals surface area contributed by atoms with Crippen molar-refractivity contribution in [3.63, 3.8) is 0 Å². The molecule has 0 radical (unpaired) electrons. The molecule has 1 aliphatic rings. The third-order valence-corrected chi connectivity index (χ3v) is 5.89. The summed E-state index contributed by atoms with van der Waals surface area (Å²) in [5.74, 6) is 1.45. The van der Waals surface area contributed by atoms with Crippen molar-refractivity contribution < 1.29 is 22.4 Å². The van der Waals surface area contributed by atoms with E-state index in [9.17, 15) is 8.42 Å². The first-order valence-electron chi connectivity index (χ1n) is 8.04. The monoisotopic (exact) mass is 367 g/mol. The first kappa shape index (κ1) is 17.8. The summed E-state index contributed by atoms with van der Waals surface area (Å²) < 4.78 is 43.0. The maximum atomic E-state index is 12.9. The molecule has 1 fully saturated rings. The molecular formula is C16H21N3O5S. The van der Waals surface area contributed by atoms with Crippen LogP contribution in [0.4, 0.5) is 0 Å². The molecule has 0 amide bonds. The normalized spacial score (nSPS) is 19.0. The number of hydrogen-bond acceptors (Lipinski definition) is 7. The van der Waals surface area contributed by atoms with Crippen LogP contribution in [0.15, 0.2) is 33.7 Å². The quantitative estimate of drug-likeness (QED) is 0.767. The molecule has 2 aromatic rings. The van der Waals surface area contributed by atoms with Crippen LogP contribution >= 0.6 is 0 Å². The summed E-state index contributed by atoms with van der Waals surface area (Å²) in [4.78, 5) is 4.30. The van der Waals surface area contributed by atoms with Crippen molar-refractivity contribution in [2.24, 2.45) is 0 Å². The van der Waals surface area contributed by atoms with E-state index >= 15 is 0 Å². The number of sulfonamides is 1. The number of hydrogen-bond donors (Lipinski definition) is 0. The maximum absolute atomic E-state index is 12.9. The Morgan fingerprint density at radius 2 is 2.24 bits per heavy atom. The Labute approximate surface area is 146 Å². The van der Waals surface area contributed by atoms with E-state index in [4.69, 9.17) is 14.0 Å². The molecule has 8 nitrogen and oxygen atoms in total. The molecule has 1 saturated heterocycles. The standard InChI is InChI=1S/C16H21N3O5S/c1-12-17-16(24-18-12)11-23-14-6-4-8-19(10-14)25(20,21)15-7-3-5-13(9-15)22-2/h3,5,7,9,14H,4,6,8,10-11H2,1-2H3. The van der Waals surface area contributed by atoms with Crippen LogP contribution < -0.4 is 4.74 Å². The summed E-state index contributed by atoms with van der Waals surface area (Å²) in [6.07, 6.45) is 1.31. The molecule has 1 atom stereocenters. The van der Waals surface area contributed by atoms with Gasteiger partial charge in [0.05, 0.1) is 18.1 Å². The molecule has 1 aliphatic heterocycles. The molecular weight excluding hydrogens is 346 g/mol. The lowest BCUT2D eigenvalue weighted by Gasteiger charge is -2.31. The Morgan fingerprint density at radius 3 is 2.96 bits per heavy atom. The maximum Gasteiger partial charge on any atom is 0.252 e. The minimum absolute atomic E-state index is 0.179. The first-order chi connectivity index (χ1) is 12.0. The van der Waals surface area contributed by atoms with E-state index in [1.54, 1.807) is 25.1 Å². The SMILES string of the molecule is COc1cccc(S(=O)(=O)N2CCCC(OCc3nc(C)no3)C2)c1. The molecule has 1 aromatic carbocycles. The minimum Gasteiger partial charge on any atom is -0.497 e. The van der Waals surface area contributed by atoms with Gasteiger partial charge in [-0.05, 0) is 31.9 Å². The van der Waals surface area contributed by atoms with E-state index in [0.29, 0.717) is 30.6 Å². The zero-order valence-electron chi connectivity index (χ0n) is 14.2. The molecule has 0 N–H and O–H groups in total. The zero-order chi connectivity index (χ0) is 17.9. The van der Waals surface area contributed by atoms with Gasteiger partial charge in [-0.15, -0.1) is 0 Å². The highest BCUT2D eigenvalue weighted by molar-refractivity contribution is 7.89. The Bertz CT molecular complexity index is 821. The molecule has 25 heavy (non-hydrogen) atoms. The smallest absolute Gasteiger partial charge is 0.252 e. The number of methoxy groups -OCH3 is 1. The van der Waals surface area contributed by atoms with E-state index in [1.165, 1.54) is 17.5 Å². The van der Waals surface area contributed by atoms with Crippen LogP contribution in [0.5, 0.6) is 5.75 Å². The molecule has 1 aromatic heterocycles. The fourth-order valence-corrected chi connectivity index (χ4v) is 4.30. The Morgan fingerprint density at radius 1 is 1.40 bits per heavy atom. The van der Waals surface area contributed by atoms with E-state index < -0.39 is 10.0 Å². The molecule has 0 bridgehead atoms. The van der Waals surface area contributed by atoms with Gasteiger partial charge >= 0.3 is 0 Å². The van der Waals surface area contributed by atoms with Crippen LogP contribution in [0, 0.1) is 6.92 Å². The topological polar surface area (TPSA) is 94.8 Å². The van der Waals surface area contributed by atoms with Crippen molar-refractivity contribution in [1.82, 2.24) is 14.4 Å². The summed E-state index contributed by atoms with van der Waals surface area (Å²) in [6.45, 7) is 2.68. The van der Waals surface area contributed by atoms with E-state index in [-0.39, 0.29) is 17.6 Å². The summed E-state index contributed by atoms with van der Waals surface area (Å²) in [6, 6.07) is 6.49. The van der Waals surface area contributed by atoms with Crippen LogP contribution in [0.25, 0.3) is 0 Å². The van der Waals surface area contributed by atoms with Gasteiger partial charge in [-0.1, -0.05) is 11.2 Å². The van der Waals surface area contributed by atoms with Gasteiger partial charge < -0.3 is 14.0 Å². The lowest BCUT2D eigenvalue weighted by Crippen LogP contribution is -2.43. The van der Waals surface area contributed by atoms with E-state index in [0.717, 1.165) is 12.8 Å². The van der Waals surface area contributed by atoms with Crippen LogP contribution in [0.3, 0.4) is 0 Å². The predicted molar refractivity (Wildman–Crippen MR) is 88.6 cm³/mol. The van der Waals surface area contributed by atoms with Gasteiger partial charge in [0.25, 0.3) is 5.89 Å². The van der Waals surface area contributed by atoms with Crippen LogP contribution in [0.2, 0.25) is 0 Å². The number of nitrogens with zero attached hydrogens (tertiary/aromatic N) is 3. The molecule has 0 aliphatic carbocycles. The summed E-state index contributed by atoms with van der Waals surface area (Å²) in [5.41, 5.74) is 0. The highest BCUT2D eigenvalue weighted by Crippen LogP contribution is 2.25. The lowest BCUT2D eigenvalue weighted by atomic mass is 10.1. The van der Waals surface area contributed by atoms with Gasteiger partial charge in [0.15, 0.2) is 5.82 Å². The van der Waals surface area contributed by atoms with Crippen molar-refractivity contribution in [3.05, 3.63) is 36.0 Å². The van der Waals surface area contributed by atoms with Crippen molar-refractivity contribution in [2.75, 3.05) is 20.2 Å². The summed E-state index contributed by atoms with van der Waals surface area (Å²) in [7, 11) is -2.07. The minimum atomic E-state index is -3.58. The average molecular weight is 367 g/mol. The zero-order valence-corrected chi connectivity index (χ0v) is 15.0. The second kappa shape index (κ2) is 7.51. The summed E-state index contributed by atoms with van der Waals surface area (Å²) in [5, 5.41) is 3.71. The van der Waals surface area contributed by atoms with Gasteiger partial charge in [0.1, 0.15) is 12.4 Å². The molecule has 9 heteroatoms. The van der Waals surface area contributed by atoms with Gasteiger partial charge in [-0.25, -0.2) is 8.42 Å². The van der Waals surface area contributed by atoms with Crippen LogP contribution in [0.1, 0.15) is 24.6 Å². The van der Waals surface area contributed by atoms with Gasteiger partial charge in [-0.2, -0.15) is 9.29 Å². The fourth-order valence-electron chi connectivity index (χ4n) is 2.76. The Kier molecular flexibility index (Phi) is 5.36. The predicted octanol–water partition coefficient (Wildman–Crippen LogP) is 1.76. The second-order valence-electron chi connectivity index (χ2n) is 5.85. The van der Waals surface area contributed by atoms with Crippen molar-refractivity contribution in [1.29, 1.82) is 0 Å². The summed E-state index contributed by atoms with van der Waals surface area (Å²) >= 11 is 0. The highest BCUT2D eigenvalue weighted by Gasteiger charge is 2.31. The third-order valence-electron chi connectivity index (χ3n) is 4.03. The second-order valence-corrected chi connectivity index (χ2v) is 7.79. The number of benzene rings is 1. The molecule has 2 heterocycles. The molecule has 3 rings (SSSR count). The van der Waals surface area contributed by atoms with Gasteiger partial charge in [0.2, 0.25) is 10.0 Å². The van der Waals surface area contributed by atoms with Crippen molar-refractivity contribution in [2.45, 2.75) is 37.4 Å². The van der Waals surface area contributed by atoms with Gasteiger partial charge in [0, 0.05) is 19.2 Å². The van der Waals surface area contributed by atoms with Crippen LogP contribution in [-0.4, -0.2) is 49.2 Å². The molecule has 136 valence electrons. The molecule has 0 spiro atoms. The van der Waals surface area contributed by atoms with Gasteiger partial charge in [-0.3, -0.25) is 0 Å². The Hall–Kier alpha value is -1.97. The fraction of sp³-hybridized carbons (Fsp3) is 0.500. The lowest BCUT2D eigenvalue weighted by molar-refractivity contribution is -0.00296. The van der Waals surface area contributed by atoms with Crippen molar-refractivity contribution >= 4 is 10.0 Å².